The number of carbonyl (C=O) groups is 2. The summed E-state index contributed by atoms with van der Waals surface area (Å²) in [4.78, 5) is 29.7. The summed E-state index contributed by atoms with van der Waals surface area (Å²) in [5.74, 6) is -0.165. The second-order valence-electron chi connectivity index (χ2n) is 9.35. The van der Waals surface area contributed by atoms with Crippen LogP contribution in [-0.2, 0) is 27.2 Å². The molecule has 0 radical (unpaired) electrons. The maximum absolute atomic E-state index is 13.3. The van der Waals surface area contributed by atoms with Crippen molar-refractivity contribution in [1.82, 2.24) is 10.2 Å². The number of rotatable bonds is 7. The predicted molar refractivity (Wildman–Crippen MR) is 129 cm³/mol. The molecule has 2 amide bonds. The Kier molecular flexibility index (Phi) is 8.33. The van der Waals surface area contributed by atoms with E-state index in [1.54, 1.807) is 32.7 Å². The van der Waals surface area contributed by atoms with Gasteiger partial charge in [-0.2, -0.15) is 0 Å². The van der Waals surface area contributed by atoms with Gasteiger partial charge in [0.2, 0.25) is 5.91 Å². The number of hydrogen-bond donors (Lipinski definition) is 1. The molecule has 1 saturated heterocycles. The third kappa shape index (κ3) is 7.79. The number of anilines is 1. The van der Waals surface area contributed by atoms with E-state index in [0.29, 0.717) is 13.0 Å². The zero-order valence-electron chi connectivity index (χ0n) is 20.0. The quantitative estimate of drug-likeness (QED) is 0.693. The Hall–Kier alpha value is -3.06. The van der Waals surface area contributed by atoms with Crippen LogP contribution < -0.4 is 10.2 Å². The fourth-order valence-electron chi connectivity index (χ4n) is 3.75. The normalized spacial score (nSPS) is 15.0. The van der Waals surface area contributed by atoms with Crippen molar-refractivity contribution in [2.45, 2.75) is 45.4 Å². The lowest BCUT2D eigenvalue weighted by atomic mass is 10.0. The minimum absolute atomic E-state index is 0.165. The van der Waals surface area contributed by atoms with Crippen LogP contribution in [0.5, 0.6) is 0 Å². The van der Waals surface area contributed by atoms with Crippen molar-refractivity contribution in [1.29, 1.82) is 0 Å². The van der Waals surface area contributed by atoms with Gasteiger partial charge in [0, 0.05) is 38.8 Å². The second kappa shape index (κ2) is 11.2. The van der Waals surface area contributed by atoms with E-state index in [4.69, 9.17) is 9.47 Å². The second-order valence-corrected chi connectivity index (χ2v) is 9.35. The minimum Gasteiger partial charge on any atom is -0.444 e. The van der Waals surface area contributed by atoms with Crippen molar-refractivity contribution in [3.05, 3.63) is 65.7 Å². The van der Waals surface area contributed by atoms with E-state index in [1.807, 2.05) is 42.5 Å². The summed E-state index contributed by atoms with van der Waals surface area (Å²) < 4.78 is 10.8. The zero-order chi connectivity index (χ0) is 23.8. The van der Waals surface area contributed by atoms with Crippen LogP contribution in [0.4, 0.5) is 10.5 Å². The van der Waals surface area contributed by atoms with Crippen LogP contribution in [-0.4, -0.2) is 61.9 Å². The number of likely N-dealkylation sites (N-methyl/N-ethyl adjacent to an activating group) is 1. The summed E-state index contributed by atoms with van der Waals surface area (Å²) in [6, 6.07) is 17.2. The fraction of sp³-hybridized carbons (Fsp3) is 0.462. The van der Waals surface area contributed by atoms with Crippen molar-refractivity contribution >= 4 is 17.7 Å². The number of morpholine rings is 1. The molecule has 1 unspecified atom stereocenters. The lowest BCUT2D eigenvalue weighted by Crippen LogP contribution is -2.49. The molecule has 1 aliphatic rings. The first-order valence-corrected chi connectivity index (χ1v) is 11.4. The molecule has 0 saturated carbocycles. The molecule has 2 aromatic carbocycles. The molecule has 3 rings (SSSR count). The highest BCUT2D eigenvalue weighted by Crippen LogP contribution is 2.18. The number of alkyl carbamates (subject to hydrolysis) is 1. The Bertz CT molecular complexity index is 903. The summed E-state index contributed by atoms with van der Waals surface area (Å²) in [5, 5.41) is 2.77. The molecule has 0 aliphatic carbocycles. The molecule has 1 atom stereocenters. The summed E-state index contributed by atoms with van der Waals surface area (Å²) in [5.41, 5.74) is 2.51. The fourth-order valence-corrected chi connectivity index (χ4v) is 3.75. The van der Waals surface area contributed by atoms with Crippen LogP contribution in [0.15, 0.2) is 54.6 Å². The molecule has 1 N–H and O–H groups in total. The Morgan fingerprint density at radius 1 is 1.03 bits per heavy atom. The van der Waals surface area contributed by atoms with Gasteiger partial charge in [0.1, 0.15) is 11.6 Å². The summed E-state index contributed by atoms with van der Waals surface area (Å²) in [6.45, 7) is 9.10. The smallest absolute Gasteiger partial charge is 0.408 e. The number of carbonyl (C=O) groups excluding carboxylic acids is 2. The number of hydrogen-bond acceptors (Lipinski definition) is 5. The first-order chi connectivity index (χ1) is 15.7. The number of ether oxygens (including phenoxy) is 2. The molecule has 1 fully saturated rings. The zero-order valence-corrected chi connectivity index (χ0v) is 20.0. The molecular formula is C26H35N3O4. The van der Waals surface area contributed by atoms with Gasteiger partial charge in [0.25, 0.3) is 0 Å². The van der Waals surface area contributed by atoms with Crippen molar-refractivity contribution in [2.75, 3.05) is 38.3 Å². The Morgan fingerprint density at radius 2 is 1.67 bits per heavy atom. The standard InChI is InChI=1S/C26H35N3O4/c1-26(2,3)33-25(31)27-23(18-20-8-6-5-7-9-20)24(30)28(4)19-21-10-12-22(13-11-21)29-14-16-32-17-15-29/h5-13,23H,14-19H2,1-4H3,(H,27,31). The van der Waals surface area contributed by atoms with Gasteiger partial charge in [0.15, 0.2) is 0 Å². The van der Waals surface area contributed by atoms with Crippen LogP contribution in [0.2, 0.25) is 0 Å². The van der Waals surface area contributed by atoms with Gasteiger partial charge in [-0.3, -0.25) is 4.79 Å². The topological polar surface area (TPSA) is 71.1 Å². The molecule has 178 valence electrons. The van der Waals surface area contributed by atoms with Gasteiger partial charge in [0.05, 0.1) is 13.2 Å². The van der Waals surface area contributed by atoms with Crippen molar-refractivity contribution < 1.29 is 19.1 Å². The van der Waals surface area contributed by atoms with E-state index in [9.17, 15) is 9.59 Å². The average Bonchev–Trinajstić information content (AvgIpc) is 2.78. The monoisotopic (exact) mass is 453 g/mol. The van der Waals surface area contributed by atoms with Gasteiger partial charge in [-0.15, -0.1) is 0 Å². The minimum atomic E-state index is -0.722. The van der Waals surface area contributed by atoms with E-state index in [0.717, 1.165) is 43.1 Å². The molecule has 0 spiro atoms. The molecular weight excluding hydrogens is 418 g/mol. The molecule has 1 heterocycles. The van der Waals surface area contributed by atoms with E-state index < -0.39 is 17.7 Å². The summed E-state index contributed by atoms with van der Waals surface area (Å²) in [6.07, 6.45) is -0.209. The molecule has 33 heavy (non-hydrogen) atoms. The summed E-state index contributed by atoms with van der Waals surface area (Å²) in [7, 11) is 1.76. The van der Waals surface area contributed by atoms with Gasteiger partial charge in [-0.25, -0.2) is 4.79 Å². The molecule has 7 heteroatoms. The molecule has 0 bridgehead atoms. The lowest BCUT2D eigenvalue weighted by molar-refractivity contribution is -0.132. The van der Waals surface area contributed by atoms with E-state index >= 15 is 0 Å². The van der Waals surface area contributed by atoms with Gasteiger partial charge < -0.3 is 24.6 Å². The maximum Gasteiger partial charge on any atom is 0.408 e. The predicted octanol–water partition coefficient (Wildman–Crippen LogP) is 3.62. The van der Waals surface area contributed by atoms with Crippen molar-refractivity contribution in [2.24, 2.45) is 0 Å². The molecule has 2 aromatic rings. The van der Waals surface area contributed by atoms with Crippen LogP contribution in [0.3, 0.4) is 0 Å². The number of nitrogens with one attached hydrogen (secondary N) is 1. The lowest BCUT2D eigenvalue weighted by Gasteiger charge is -2.29. The largest absolute Gasteiger partial charge is 0.444 e. The maximum atomic E-state index is 13.3. The van der Waals surface area contributed by atoms with Crippen LogP contribution in [0, 0.1) is 0 Å². The third-order valence-electron chi connectivity index (χ3n) is 5.38. The molecule has 0 aromatic heterocycles. The number of nitrogens with zero attached hydrogens (tertiary/aromatic N) is 2. The highest BCUT2D eigenvalue weighted by atomic mass is 16.6. The number of benzene rings is 2. The van der Waals surface area contributed by atoms with Crippen LogP contribution >= 0.6 is 0 Å². The molecule has 1 aliphatic heterocycles. The average molecular weight is 454 g/mol. The van der Waals surface area contributed by atoms with Crippen LogP contribution in [0.1, 0.15) is 31.9 Å². The van der Waals surface area contributed by atoms with E-state index in [-0.39, 0.29) is 5.91 Å². The highest BCUT2D eigenvalue weighted by Gasteiger charge is 2.27. The number of amides is 2. The molecule has 7 nitrogen and oxygen atoms in total. The van der Waals surface area contributed by atoms with Gasteiger partial charge in [-0.05, 0) is 44.0 Å². The van der Waals surface area contributed by atoms with Crippen molar-refractivity contribution in [3.63, 3.8) is 0 Å². The van der Waals surface area contributed by atoms with E-state index in [1.165, 1.54) is 0 Å². The highest BCUT2D eigenvalue weighted by molar-refractivity contribution is 5.86. The van der Waals surface area contributed by atoms with Crippen molar-refractivity contribution in [3.8, 4) is 0 Å². The Balaban J connectivity index is 1.66. The summed E-state index contributed by atoms with van der Waals surface area (Å²) >= 11 is 0. The first-order valence-electron chi connectivity index (χ1n) is 11.4. The SMILES string of the molecule is CN(Cc1ccc(N2CCOCC2)cc1)C(=O)C(Cc1ccccc1)NC(=O)OC(C)(C)C. The first kappa shape index (κ1) is 24.6. The van der Waals surface area contributed by atoms with Gasteiger partial charge >= 0.3 is 6.09 Å². The van der Waals surface area contributed by atoms with Gasteiger partial charge in [-0.1, -0.05) is 42.5 Å². The Labute approximate surface area is 196 Å². The van der Waals surface area contributed by atoms with Crippen LogP contribution in [0.25, 0.3) is 0 Å². The Morgan fingerprint density at radius 3 is 2.27 bits per heavy atom. The third-order valence-corrected chi connectivity index (χ3v) is 5.38. The van der Waals surface area contributed by atoms with E-state index in [2.05, 4.69) is 22.3 Å².